The Morgan fingerprint density at radius 2 is 1.63 bits per heavy atom. The van der Waals surface area contributed by atoms with Gasteiger partial charge in [-0.05, 0) is 25.1 Å². The number of nitrogens with two attached hydrogens (primary N) is 1. The third-order valence-corrected chi connectivity index (χ3v) is 5.57. The molecule has 0 saturated carbocycles. The summed E-state index contributed by atoms with van der Waals surface area (Å²) >= 11 is 0. The number of aryl methyl sites for hydroxylation is 1. The molecule has 0 unspecified atom stereocenters. The van der Waals surface area contributed by atoms with E-state index in [0.29, 0.717) is 16.5 Å². The molecular formula is C22H18N4O3S. The molecular weight excluding hydrogens is 400 g/mol. The van der Waals surface area contributed by atoms with Crippen molar-refractivity contribution >= 4 is 38.0 Å². The number of anilines is 1. The largest absolute Gasteiger partial charge is 0.396 e. The van der Waals surface area contributed by atoms with E-state index in [0.717, 1.165) is 11.3 Å². The van der Waals surface area contributed by atoms with Gasteiger partial charge in [-0.2, -0.15) is 8.42 Å². The van der Waals surface area contributed by atoms with Crippen LogP contribution in [0.1, 0.15) is 5.56 Å². The van der Waals surface area contributed by atoms with Gasteiger partial charge in [-0.25, -0.2) is 0 Å². The average molecular weight is 418 g/mol. The molecule has 0 saturated heterocycles. The van der Waals surface area contributed by atoms with Gasteiger partial charge in [0, 0.05) is 16.3 Å². The van der Waals surface area contributed by atoms with Crippen molar-refractivity contribution in [3.8, 4) is 11.3 Å². The fourth-order valence-corrected chi connectivity index (χ4v) is 3.82. The number of fused-ring (bicyclic) bond motifs is 1. The predicted molar refractivity (Wildman–Crippen MR) is 117 cm³/mol. The Balaban J connectivity index is 1.70. The fraction of sp³-hybridized carbons (Fsp3) is 0.0455. The van der Waals surface area contributed by atoms with Gasteiger partial charge in [0.2, 0.25) is 0 Å². The third-order valence-electron chi connectivity index (χ3n) is 4.67. The van der Waals surface area contributed by atoms with E-state index in [-0.39, 0.29) is 16.3 Å². The maximum Gasteiger partial charge on any atom is 0.295 e. The summed E-state index contributed by atoms with van der Waals surface area (Å²) in [6.07, 6.45) is 1.57. The second-order valence-corrected chi connectivity index (χ2v) is 8.19. The first kappa shape index (κ1) is 19.7. The molecule has 0 aliphatic rings. The van der Waals surface area contributed by atoms with Gasteiger partial charge in [0.1, 0.15) is 16.3 Å². The number of aromatic nitrogens is 1. The lowest BCUT2D eigenvalue weighted by Gasteiger charge is -2.09. The predicted octanol–water partition coefficient (Wildman–Crippen LogP) is 5.45. The zero-order valence-electron chi connectivity index (χ0n) is 16.0. The van der Waals surface area contributed by atoms with Crippen molar-refractivity contribution in [3.05, 3.63) is 78.5 Å². The average Bonchev–Trinajstić information content (AvgIpc) is 2.73. The maximum atomic E-state index is 11.8. The van der Waals surface area contributed by atoms with Crippen molar-refractivity contribution in [1.82, 2.24) is 4.98 Å². The van der Waals surface area contributed by atoms with Gasteiger partial charge < -0.3 is 5.73 Å². The van der Waals surface area contributed by atoms with Crippen molar-refractivity contribution in [2.24, 2.45) is 10.2 Å². The minimum Gasteiger partial charge on any atom is -0.396 e. The minimum atomic E-state index is -4.46. The molecule has 0 atom stereocenters. The van der Waals surface area contributed by atoms with Crippen molar-refractivity contribution in [3.63, 3.8) is 0 Å². The van der Waals surface area contributed by atoms with E-state index in [4.69, 9.17) is 5.73 Å². The summed E-state index contributed by atoms with van der Waals surface area (Å²) in [7, 11) is -4.46. The molecule has 0 spiro atoms. The molecule has 0 aliphatic heterocycles. The van der Waals surface area contributed by atoms with Gasteiger partial charge in [-0.3, -0.25) is 9.54 Å². The Labute approximate surface area is 173 Å². The molecule has 1 heterocycles. The van der Waals surface area contributed by atoms with Gasteiger partial charge in [-0.1, -0.05) is 54.1 Å². The van der Waals surface area contributed by atoms with Crippen molar-refractivity contribution in [2.75, 3.05) is 5.73 Å². The van der Waals surface area contributed by atoms with E-state index in [1.807, 2.05) is 37.3 Å². The first-order valence-electron chi connectivity index (χ1n) is 9.06. The number of nitrogen functional groups attached to an aromatic ring is 1. The van der Waals surface area contributed by atoms with E-state index < -0.39 is 10.1 Å². The lowest BCUT2D eigenvalue weighted by molar-refractivity contribution is 0.484. The van der Waals surface area contributed by atoms with Gasteiger partial charge in [0.15, 0.2) is 0 Å². The van der Waals surface area contributed by atoms with E-state index in [2.05, 4.69) is 15.2 Å². The number of azo groups is 1. The van der Waals surface area contributed by atoms with Crippen LogP contribution in [0.5, 0.6) is 0 Å². The van der Waals surface area contributed by atoms with Crippen LogP contribution < -0.4 is 5.73 Å². The highest BCUT2D eigenvalue weighted by atomic mass is 32.2. The van der Waals surface area contributed by atoms with Crippen LogP contribution in [-0.2, 0) is 10.1 Å². The maximum absolute atomic E-state index is 11.8. The third kappa shape index (κ3) is 3.91. The van der Waals surface area contributed by atoms with E-state index in [9.17, 15) is 13.0 Å². The topological polar surface area (TPSA) is 118 Å². The minimum absolute atomic E-state index is 0.143. The normalized spacial score (nSPS) is 11.9. The second-order valence-electron chi connectivity index (χ2n) is 6.80. The van der Waals surface area contributed by atoms with Crippen LogP contribution in [0.4, 0.5) is 17.1 Å². The first-order chi connectivity index (χ1) is 14.3. The van der Waals surface area contributed by atoms with E-state index in [1.165, 1.54) is 11.6 Å². The Morgan fingerprint density at radius 3 is 2.27 bits per heavy atom. The summed E-state index contributed by atoms with van der Waals surface area (Å²) in [6, 6.07) is 19.4. The van der Waals surface area contributed by atoms with Crippen molar-refractivity contribution in [2.45, 2.75) is 11.8 Å². The molecule has 0 radical (unpaired) electrons. The van der Waals surface area contributed by atoms with Crippen LogP contribution >= 0.6 is 0 Å². The van der Waals surface area contributed by atoms with Crippen LogP contribution in [0, 0.1) is 6.92 Å². The highest BCUT2D eigenvalue weighted by Gasteiger charge is 2.18. The molecule has 8 heteroatoms. The molecule has 1 aromatic heterocycles. The highest BCUT2D eigenvalue weighted by molar-refractivity contribution is 7.86. The number of benzene rings is 3. The Hall–Kier alpha value is -3.62. The van der Waals surface area contributed by atoms with Gasteiger partial charge in [-0.15, -0.1) is 10.2 Å². The summed E-state index contributed by atoms with van der Waals surface area (Å²) in [5.74, 6) is 0. The summed E-state index contributed by atoms with van der Waals surface area (Å²) in [5.41, 5.74) is 10.0. The molecule has 4 rings (SSSR count). The second kappa shape index (κ2) is 7.66. The smallest absolute Gasteiger partial charge is 0.295 e. The monoisotopic (exact) mass is 418 g/mol. The molecule has 3 N–H and O–H groups in total. The summed E-state index contributed by atoms with van der Waals surface area (Å²) < 4.78 is 33.2. The van der Waals surface area contributed by atoms with Gasteiger partial charge >= 0.3 is 0 Å². The standard InChI is InChI=1S/C22H18N4O3S/c1-14-6-8-15(9-7-14)19-11-10-16(13-24-19)25-26-20-12-21(30(27,28)29)17-4-2-3-5-18(17)22(20)23/h2-13H,23H2,1H3,(H,27,28,29). The Bertz CT molecular complexity index is 1360. The zero-order chi connectivity index (χ0) is 21.3. The summed E-state index contributed by atoms with van der Waals surface area (Å²) in [4.78, 5) is 4.13. The number of nitrogens with zero attached hydrogens (tertiary/aromatic N) is 3. The van der Waals surface area contributed by atoms with Gasteiger partial charge in [0.25, 0.3) is 10.1 Å². The quantitative estimate of drug-likeness (QED) is 0.259. The lowest BCUT2D eigenvalue weighted by atomic mass is 10.1. The molecule has 30 heavy (non-hydrogen) atoms. The van der Waals surface area contributed by atoms with Crippen LogP contribution in [0.15, 0.2) is 88.1 Å². The van der Waals surface area contributed by atoms with Crippen molar-refractivity contribution < 1.29 is 13.0 Å². The molecule has 7 nitrogen and oxygen atoms in total. The Kier molecular flexibility index (Phi) is 5.03. The van der Waals surface area contributed by atoms with Gasteiger partial charge in [0.05, 0.1) is 17.6 Å². The molecule has 150 valence electrons. The SMILES string of the molecule is Cc1ccc(-c2ccc(N=Nc3cc(S(=O)(=O)O)c4ccccc4c3N)cn2)cc1. The fourth-order valence-electron chi connectivity index (χ4n) is 3.10. The zero-order valence-corrected chi connectivity index (χ0v) is 16.8. The molecule has 0 fully saturated rings. The molecule has 0 aliphatic carbocycles. The number of hydrogen-bond acceptors (Lipinski definition) is 6. The lowest BCUT2D eigenvalue weighted by Crippen LogP contribution is -2.01. The van der Waals surface area contributed by atoms with E-state index in [1.54, 1.807) is 36.5 Å². The summed E-state index contributed by atoms with van der Waals surface area (Å²) in [6.45, 7) is 2.02. The highest BCUT2D eigenvalue weighted by Crippen LogP contribution is 2.36. The van der Waals surface area contributed by atoms with Crippen LogP contribution in [-0.4, -0.2) is 18.0 Å². The molecule has 3 aromatic carbocycles. The van der Waals surface area contributed by atoms with E-state index >= 15 is 0 Å². The van der Waals surface area contributed by atoms with Crippen LogP contribution in [0.25, 0.3) is 22.0 Å². The Morgan fingerprint density at radius 1 is 0.933 bits per heavy atom. The van der Waals surface area contributed by atoms with Crippen molar-refractivity contribution in [1.29, 1.82) is 0 Å². The number of hydrogen-bond donors (Lipinski definition) is 2. The molecule has 4 aromatic rings. The summed E-state index contributed by atoms with van der Waals surface area (Å²) in [5, 5.41) is 9.01. The number of rotatable bonds is 4. The first-order valence-corrected chi connectivity index (χ1v) is 10.5. The molecule has 0 bridgehead atoms. The number of pyridine rings is 1. The molecule has 0 amide bonds. The van der Waals surface area contributed by atoms with Crippen LogP contribution in [0.2, 0.25) is 0 Å². The van der Waals surface area contributed by atoms with Crippen LogP contribution in [0.3, 0.4) is 0 Å².